The number of hydrogen-bond donors (Lipinski definition) is 2. The fraction of sp³-hybridized carbons (Fsp3) is 0.235. The first-order chi connectivity index (χ1) is 10.0. The lowest BCUT2D eigenvalue weighted by atomic mass is 10.00. The summed E-state index contributed by atoms with van der Waals surface area (Å²) in [4.78, 5) is 11.3. The van der Waals surface area contributed by atoms with E-state index in [1.165, 1.54) is 0 Å². The molecule has 0 spiro atoms. The van der Waals surface area contributed by atoms with Gasteiger partial charge in [0.1, 0.15) is 18.1 Å². The van der Waals surface area contributed by atoms with Crippen LogP contribution in [0.25, 0.3) is 0 Å². The van der Waals surface area contributed by atoms with Gasteiger partial charge in [0.05, 0.1) is 5.56 Å². The predicted molar refractivity (Wildman–Crippen MR) is 80.0 cm³/mol. The van der Waals surface area contributed by atoms with Gasteiger partial charge in [0.2, 0.25) is 0 Å². The molecule has 0 aliphatic rings. The van der Waals surface area contributed by atoms with Crippen LogP contribution in [-0.2, 0) is 13.0 Å². The predicted octanol–water partition coefficient (Wildman–Crippen LogP) is 3.54. The lowest BCUT2D eigenvalue weighted by Gasteiger charge is -2.14. The van der Waals surface area contributed by atoms with Crippen LogP contribution in [0.3, 0.4) is 0 Å². The van der Waals surface area contributed by atoms with Crippen LogP contribution < -0.4 is 4.74 Å². The summed E-state index contributed by atoms with van der Waals surface area (Å²) in [6, 6.07) is 10.1. The fourth-order valence-electron chi connectivity index (χ4n) is 2.28. The van der Waals surface area contributed by atoms with Gasteiger partial charge in [0.25, 0.3) is 0 Å². The Morgan fingerprint density at radius 2 is 2.00 bits per heavy atom. The summed E-state index contributed by atoms with van der Waals surface area (Å²) in [6.07, 6.45) is 0.744. The zero-order chi connectivity index (χ0) is 15.4. The average molecular weight is 286 g/mol. The normalized spacial score (nSPS) is 10.4. The Bertz CT molecular complexity index is 662. The van der Waals surface area contributed by atoms with E-state index < -0.39 is 5.97 Å². The number of phenols is 1. The van der Waals surface area contributed by atoms with Crippen molar-refractivity contribution in [2.75, 3.05) is 0 Å². The molecule has 21 heavy (non-hydrogen) atoms. The van der Waals surface area contributed by atoms with E-state index in [9.17, 15) is 15.0 Å². The zero-order valence-corrected chi connectivity index (χ0v) is 12.1. The Morgan fingerprint density at radius 3 is 2.62 bits per heavy atom. The van der Waals surface area contributed by atoms with Crippen LogP contribution in [0.5, 0.6) is 11.5 Å². The second-order valence-corrected chi connectivity index (χ2v) is 4.84. The number of aryl methyl sites for hydroxylation is 2. The molecule has 0 heterocycles. The summed E-state index contributed by atoms with van der Waals surface area (Å²) in [5, 5.41) is 18.7. The molecule has 0 saturated heterocycles. The van der Waals surface area contributed by atoms with Gasteiger partial charge in [-0.1, -0.05) is 19.1 Å². The Kier molecular flexibility index (Phi) is 4.48. The molecule has 4 heteroatoms. The minimum atomic E-state index is -0.952. The molecule has 0 fully saturated rings. The summed E-state index contributed by atoms with van der Waals surface area (Å²) in [6.45, 7) is 4.01. The molecule has 110 valence electrons. The fourth-order valence-corrected chi connectivity index (χ4v) is 2.28. The number of hydrogen-bond acceptors (Lipinski definition) is 3. The number of ether oxygens (including phenoxy) is 1. The molecule has 2 aromatic carbocycles. The van der Waals surface area contributed by atoms with E-state index in [0.717, 1.165) is 17.5 Å². The molecule has 4 nitrogen and oxygen atoms in total. The molecule has 2 rings (SSSR count). The van der Waals surface area contributed by atoms with E-state index in [-0.39, 0.29) is 17.9 Å². The maximum Gasteiger partial charge on any atom is 0.336 e. The quantitative estimate of drug-likeness (QED) is 0.882. The molecule has 0 aliphatic heterocycles. The van der Waals surface area contributed by atoms with Crippen LogP contribution in [0.1, 0.15) is 34.0 Å². The van der Waals surface area contributed by atoms with E-state index in [0.29, 0.717) is 11.3 Å². The maximum absolute atomic E-state index is 11.3. The van der Waals surface area contributed by atoms with Gasteiger partial charge in [0, 0.05) is 5.56 Å². The Morgan fingerprint density at radius 1 is 1.24 bits per heavy atom. The topological polar surface area (TPSA) is 66.8 Å². The third kappa shape index (κ3) is 3.34. The summed E-state index contributed by atoms with van der Waals surface area (Å²) in [7, 11) is 0. The SMILES string of the molecule is CCc1cccc(C(=O)O)c1COc1ccc(O)cc1C. The van der Waals surface area contributed by atoms with Crippen LogP contribution >= 0.6 is 0 Å². The molecule has 0 aliphatic carbocycles. The van der Waals surface area contributed by atoms with Gasteiger partial charge >= 0.3 is 5.97 Å². The number of carbonyl (C=O) groups is 1. The summed E-state index contributed by atoms with van der Waals surface area (Å²) in [5.41, 5.74) is 2.73. The van der Waals surface area contributed by atoms with Crippen molar-refractivity contribution in [1.82, 2.24) is 0 Å². The van der Waals surface area contributed by atoms with Gasteiger partial charge in [-0.15, -0.1) is 0 Å². The summed E-state index contributed by atoms with van der Waals surface area (Å²) >= 11 is 0. The number of carboxylic acids is 1. The van der Waals surface area contributed by atoms with Gasteiger partial charge in [-0.25, -0.2) is 4.79 Å². The van der Waals surface area contributed by atoms with Gasteiger partial charge < -0.3 is 14.9 Å². The van der Waals surface area contributed by atoms with E-state index in [1.54, 1.807) is 30.3 Å². The van der Waals surface area contributed by atoms with E-state index in [4.69, 9.17) is 4.74 Å². The average Bonchev–Trinajstić information content (AvgIpc) is 2.45. The van der Waals surface area contributed by atoms with Crippen LogP contribution in [0.15, 0.2) is 36.4 Å². The van der Waals surface area contributed by atoms with Crippen molar-refractivity contribution in [3.63, 3.8) is 0 Å². The Balaban J connectivity index is 2.28. The highest BCUT2D eigenvalue weighted by molar-refractivity contribution is 5.89. The number of rotatable bonds is 5. The summed E-state index contributed by atoms with van der Waals surface area (Å²) < 4.78 is 5.74. The lowest BCUT2D eigenvalue weighted by molar-refractivity contribution is 0.0693. The van der Waals surface area contributed by atoms with Crippen molar-refractivity contribution in [2.45, 2.75) is 26.9 Å². The second kappa shape index (κ2) is 6.31. The molecule has 2 N–H and O–H groups in total. The maximum atomic E-state index is 11.3. The van der Waals surface area contributed by atoms with E-state index >= 15 is 0 Å². The highest BCUT2D eigenvalue weighted by atomic mass is 16.5. The largest absolute Gasteiger partial charge is 0.508 e. The molecule has 0 saturated carbocycles. The first-order valence-corrected chi connectivity index (χ1v) is 6.79. The minimum absolute atomic E-state index is 0.181. The van der Waals surface area contributed by atoms with E-state index in [1.807, 2.05) is 19.9 Å². The highest BCUT2D eigenvalue weighted by Gasteiger charge is 2.14. The van der Waals surface area contributed by atoms with Crippen molar-refractivity contribution in [3.05, 3.63) is 58.7 Å². The molecular weight excluding hydrogens is 268 g/mol. The number of aromatic hydroxyl groups is 1. The molecule has 0 bridgehead atoms. The monoisotopic (exact) mass is 286 g/mol. The number of phenolic OH excluding ortho intramolecular Hbond substituents is 1. The smallest absolute Gasteiger partial charge is 0.336 e. The van der Waals surface area contributed by atoms with Gasteiger partial charge in [-0.05, 0) is 48.7 Å². The van der Waals surface area contributed by atoms with Crippen LogP contribution in [0, 0.1) is 6.92 Å². The standard InChI is InChI=1S/C17H18O4/c1-3-12-5-4-6-14(17(19)20)15(12)10-21-16-8-7-13(18)9-11(16)2/h4-9,18H,3,10H2,1-2H3,(H,19,20). The minimum Gasteiger partial charge on any atom is -0.508 e. The number of benzene rings is 2. The van der Waals surface area contributed by atoms with Crippen molar-refractivity contribution < 1.29 is 19.7 Å². The molecule has 0 radical (unpaired) electrons. The molecule has 2 aromatic rings. The van der Waals surface area contributed by atoms with Crippen LogP contribution in [0.4, 0.5) is 0 Å². The summed E-state index contributed by atoms with van der Waals surface area (Å²) in [5.74, 6) is -0.138. The van der Waals surface area contributed by atoms with Crippen molar-refractivity contribution >= 4 is 5.97 Å². The zero-order valence-electron chi connectivity index (χ0n) is 12.1. The third-order valence-electron chi connectivity index (χ3n) is 3.41. The molecule has 0 unspecified atom stereocenters. The number of carboxylic acid groups (broad SMARTS) is 1. The first kappa shape index (κ1) is 14.9. The number of aromatic carboxylic acids is 1. The van der Waals surface area contributed by atoms with Crippen LogP contribution in [0.2, 0.25) is 0 Å². The lowest BCUT2D eigenvalue weighted by Crippen LogP contribution is -2.09. The molecule has 0 aromatic heterocycles. The van der Waals surface area contributed by atoms with Crippen LogP contribution in [-0.4, -0.2) is 16.2 Å². The van der Waals surface area contributed by atoms with Crippen molar-refractivity contribution in [3.8, 4) is 11.5 Å². The van der Waals surface area contributed by atoms with Gasteiger partial charge in [-0.3, -0.25) is 0 Å². The van der Waals surface area contributed by atoms with Gasteiger partial charge in [-0.2, -0.15) is 0 Å². The van der Waals surface area contributed by atoms with Crippen molar-refractivity contribution in [2.24, 2.45) is 0 Å². The van der Waals surface area contributed by atoms with Crippen molar-refractivity contribution in [1.29, 1.82) is 0 Å². The van der Waals surface area contributed by atoms with Gasteiger partial charge in [0.15, 0.2) is 0 Å². The molecule has 0 atom stereocenters. The highest BCUT2D eigenvalue weighted by Crippen LogP contribution is 2.25. The Hall–Kier alpha value is -2.49. The Labute approximate surface area is 123 Å². The second-order valence-electron chi connectivity index (χ2n) is 4.84. The molecular formula is C17H18O4. The first-order valence-electron chi connectivity index (χ1n) is 6.79. The third-order valence-corrected chi connectivity index (χ3v) is 3.41. The molecule has 0 amide bonds. The van der Waals surface area contributed by atoms with E-state index in [2.05, 4.69) is 0 Å².